The first-order valence-corrected chi connectivity index (χ1v) is 4.36. The van der Waals surface area contributed by atoms with E-state index in [1.54, 1.807) is 0 Å². The maximum absolute atomic E-state index is 10.7. The lowest BCUT2D eigenvalue weighted by molar-refractivity contribution is -0.145. The molecular weight excluding hydrogens is 186 g/mol. The van der Waals surface area contributed by atoms with Crippen LogP contribution in [0.3, 0.4) is 0 Å². The van der Waals surface area contributed by atoms with Crippen molar-refractivity contribution >= 4 is 11.9 Å². The van der Waals surface area contributed by atoms with Gasteiger partial charge in [-0.3, -0.25) is 4.79 Å². The number of carbonyl (C=O) groups excluding carboxylic acids is 1. The molecule has 0 unspecified atom stereocenters. The van der Waals surface area contributed by atoms with Crippen LogP contribution in [0.5, 0.6) is 0 Å². The Balaban J connectivity index is 4.11. The summed E-state index contributed by atoms with van der Waals surface area (Å²) < 4.78 is 5.26. The van der Waals surface area contributed by atoms with Crippen LogP contribution in [0, 0.1) is 0 Å². The van der Waals surface area contributed by atoms with Gasteiger partial charge in [0.15, 0.2) is 6.04 Å². The minimum absolute atomic E-state index is 0.0294. The van der Waals surface area contributed by atoms with Gasteiger partial charge in [0.2, 0.25) is 5.91 Å². The molecule has 0 rings (SSSR count). The van der Waals surface area contributed by atoms with E-state index in [-0.39, 0.29) is 12.5 Å². The Labute approximate surface area is 83.4 Å². The minimum Gasteiger partial charge on any atom is -0.480 e. The summed E-state index contributed by atoms with van der Waals surface area (Å²) in [5.74, 6) is -1.47. The molecular formula is C9H17NO4. The van der Waals surface area contributed by atoms with Gasteiger partial charge in [-0.05, 0) is 20.8 Å². The van der Waals surface area contributed by atoms with E-state index >= 15 is 0 Å². The van der Waals surface area contributed by atoms with Crippen molar-refractivity contribution in [1.29, 1.82) is 0 Å². The Hall–Kier alpha value is -1.10. The smallest absolute Gasteiger partial charge is 0.328 e. The number of carboxylic acid groups (broad SMARTS) is 1. The lowest BCUT2D eigenvalue weighted by Crippen LogP contribution is -2.44. The zero-order valence-corrected chi connectivity index (χ0v) is 8.96. The van der Waals surface area contributed by atoms with Gasteiger partial charge in [-0.1, -0.05) is 0 Å². The third-order valence-electron chi connectivity index (χ3n) is 1.36. The zero-order chi connectivity index (χ0) is 11.4. The summed E-state index contributed by atoms with van der Waals surface area (Å²) in [6.07, 6.45) is 0. The Bertz CT molecular complexity index is 219. The van der Waals surface area contributed by atoms with E-state index in [2.05, 4.69) is 5.32 Å². The van der Waals surface area contributed by atoms with Gasteiger partial charge in [0.05, 0.1) is 12.2 Å². The van der Waals surface area contributed by atoms with E-state index in [0.29, 0.717) is 0 Å². The van der Waals surface area contributed by atoms with E-state index in [0.717, 1.165) is 0 Å². The molecule has 0 fully saturated rings. The molecule has 0 saturated heterocycles. The summed E-state index contributed by atoms with van der Waals surface area (Å²) in [6, 6.07) is -0.980. The normalized spacial score (nSPS) is 13.4. The second kappa shape index (κ2) is 4.95. The van der Waals surface area contributed by atoms with Gasteiger partial charge in [-0.25, -0.2) is 4.79 Å². The number of carbonyl (C=O) groups is 2. The fourth-order valence-corrected chi connectivity index (χ4v) is 0.753. The summed E-state index contributed by atoms with van der Waals surface area (Å²) >= 11 is 0. The largest absolute Gasteiger partial charge is 0.480 e. The second-order valence-electron chi connectivity index (χ2n) is 4.01. The van der Waals surface area contributed by atoms with E-state index in [4.69, 9.17) is 9.84 Å². The standard InChI is InChI=1S/C9H17NO4/c1-6(11)10-7(8(12)13)5-14-9(2,3)4/h7H,5H2,1-4H3,(H,10,11)(H,12,13)/t7-/m0/s1. The van der Waals surface area contributed by atoms with Gasteiger partial charge in [-0.15, -0.1) is 0 Å². The number of carboxylic acids is 1. The van der Waals surface area contributed by atoms with Crippen LogP contribution in [0.2, 0.25) is 0 Å². The molecule has 0 aromatic rings. The van der Waals surface area contributed by atoms with Crippen LogP contribution in [0.25, 0.3) is 0 Å². The lowest BCUT2D eigenvalue weighted by atomic mass is 10.2. The third kappa shape index (κ3) is 6.42. The molecule has 14 heavy (non-hydrogen) atoms. The number of hydrogen-bond acceptors (Lipinski definition) is 3. The number of hydrogen-bond donors (Lipinski definition) is 2. The molecule has 5 heteroatoms. The molecule has 0 aliphatic carbocycles. The highest BCUT2D eigenvalue weighted by Gasteiger charge is 2.21. The molecule has 1 atom stereocenters. The van der Waals surface area contributed by atoms with Crippen LogP contribution in [0.4, 0.5) is 0 Å². The monoisotopic (exact) mass is 203 g/mol. The zero-order valence-electron chi connectivity index (χ0n) is 8.96. The van der Waals surface area contributed by atoms with Crippen LogP contribution in [-0.4, -0.2) is 35.2 Å². The van der Waals surface area contributed by atoms with Crippen molar-refractivity contribution in [3.05, 3.63) is 0 Å². The molecule has 0 heterocycles. The van der Waals surface area contributed by atoms with Crippen molar-refractivity contribution < 1.29 is 19.4 Å². The SMILES string of the molecule is CC(=O)N[C@@H](COC(C)(C)C)C(=O)O. The fourth-order valence-electron chi connectivity index (χ4n) is 0.753. The number of aliphatic carboxylic acids is 1. The van der Waals surface area contributed by atoms with Gasteiger partial charge in [0, 0.05) is 6.92 Å². The molecule has 0 spiro atoms. The highest BCUT2D eigenvalue weighted by Crippen LogP contribution is 2.07. The van der Waals surface area contributed by atoms with Crippen molar-refractivity contribution in [1.82, 2.24) is 5.32 Å². The van der Waals surface area contributed by atoms with E-state index in [1.807, 2.05) is 20.8 Å². The van der Waals surface area contributed by atoms with Crippen molar-refractivity contribution in [3.63, 3.8) is 0 Å². The summed E-state index contributed by atoms with van der Waals surface area (Å²) in [5, 5.41) is 11.0. The summed E-state index contributed by atoms with van der Waals surface area (Å²) in [7, 11) is 0. The van der Waals surface area contributed by atoms with Gasteiger partial charge in [0.1, 0.15) is 0 Å². The topological polar surface area (TPSA) is 75.6 Å². The van der Waals surface area contributed by atoms with Gasteiger partial charge >= 0.3 is 5.97 Å². The molecule has 1 amide bonds. The number of ether oxygens (including phenoxy) is 1. The Morgan fingerprint density at radius 1 is 1.43 bits per heavy atom. The maximum atomic E-state index is 10.7. The first kappa shape index (κ1) is 12.9. The number of rotatable bonds is 4. The summed E-state index contributed by atoms with van der Waals surface area (Å²) in [5.41, 5.74) is -0.411. The number of nitrogens with one attached hydrogen (secondary N) is 1. The third-order valence-corrected chi connectivity index (χ3v) is 1.36. The molecule has 0 saturated carbocycles. The van der Waals surface area contributed by atoms with Crippen molar-refractivity contribution in [2.75, 3.05) is 6.61 Å². The molecule has 0 aromatic heterocycles. The Morgan fingerprint density at radius 2 is 1.93 bits per heavy atom. The summed E-state index contributed by atoms with van der Waals surface area (Å²) in [6.45, 7) is 6.70. The molecule has 0 aliphatic heterocycles. The highest BCUT2D eigenvalue weighted by atomic mass is 16.5. The van der Waals surface area contributed by atoms with Crippen LogP contribution in [0.15, 0.2) is 0 Å². The van der Waals surface area contributed by atoms with Crippen LogP contribution >= 0.6 is 0 Å². The summed E-state index contributed by atoms with van der Waals surface area (Å²) in [4.78, 5) is 21.3. The van der Waals surface area contributed by atoms with Crippen LogP contribution in [-0.2, 0) is 14.3 Å². The van der Waals surface area contributed by atoms with Gasteiger partial charge < -0.3 is 15.2 Å². The number of amides is 1. The first-order valence-electron chi connectivity index (χ1n) is 4.36. The van der Waals surface area contributed by atoms with E-state index < -0.39 is 17.6 Å². The van der Waals surface area contributed by atoms with Gasteiger partial charge in [-0.2, -0.15) is 0 Å². The quantitative estimate of drug-likeness (QED) is 0.693. The maximum Gasteiger partial charge on any atom is 0.328 e. The van der Waals surface area contributed by atoms with Crippen molar-refractivity contribution in [2.45, 2.75) is 39.3 Å². The molecule has 5 nitrogen and oxygen atoms in total. The predicted molar refractivity (Wildman–Crippen MR) is 50.9 cm³/mol. The molecule has 0 radical (unpaired) electrons. The molecule has 0 aliphatic rings. The Morgan fingerprint density at radius 3 is 2.21 bits per heavy atom. The van der Waals surface area contributed by atoms with Crippen LogP contribution < -0.4 is 5.32 Å². The van der Waals surface area contributed by atoms with Crippen LogP contribution in [0.1, 0.15) is 27.7 Å². The van der Waals surface area contributed by atoms with Gasteiger partial charge in [0.25, 0.3) is 0 Å². The molecule has 2 N–H and O–H groups in total. The lowest BCUT2D eigenvalue weighted by Gasteiger charge is -2.22. The van der Waals surface area contributed by atoms with E-state index in [1.165, 1.54) is 6.92 Å². The molecule has 82 valence electrons. The van der Waals surface area contributed by atoms with E-state index in [9.17, 15) is 9.59 Å². The van der Waals surface area contributed by atoms with Crippen molar-refractivity contribution in [2.24, 2.45) is 0 Å². The minimum atomic E-state index is -1.09. The average Bonchev–Trinajstić information content (AvgIpc) is 1.94. The molecule has 0 bridgehead atoms. The molecule has 0 aromatic carbocycles. The first-order chi connectivity index (χ1) is 6.22. The fraction of sp³-hybridized carbons (Fsp3) is 0.778. The Kier molecular flexibility index (Phi) is 4.56. The predicted octanol–water partition coefficient (Wildman–Crippen LogP) is 0.391. The second-order valence-corrected chi connectivity index (χ2v) is 4.01. The highest BCUT2D eigenvalue weighted by molar-refractivity contribution is 5.82. The average molecular weight is 203 g/mol. The van der Waals surface area contributed by atoms with Crippen molar-refractivity contribution in [3.8, 4) is 0 Å².